The molecule has 3 fully saturated rings. The molecule has 2 saturated heterocycles. The Labute approximate surface area is 175 Å². The lowest BCUT2D eigenvalue weighted by molar-refractivity contribution is -0.141. The Morgan fingerprint density at radius 2 is 1.73 bits per heavy atom. The molecule has 1 spiro atoms. The smallest absolute Gasteiger partial charge is 0.325 e. The standard InChI is InChI=1S/C20H24N4O5S/c25-17(15-24-18(26)20(8-4-9-20)21-19(24)27)22-10-12-23(13-11-22)30(28,29)14-7-16-5-2-1-3-6-16/h1-3,5-7,14H,4,8-13,15H2,(H,21,27)/b14-7+. The van der Waals surface area contributed by atoms with Gasteiger partial charge in [0, 0.05) is 31.6 Å². The third kappa shape index (κ3) is 3.84. The molecule has 2 aliphatic heterocycles. The number of hydrogen-bond acceptors (Lipinski definition) is 5. The van der Waals surface area contributed by atoms with Crippen molar-refractivity contribution in [3.05, 3.63) is 41.3 Å². The van der Waals surface area contributed by atoms with Crippen LogP contribution >= 0.6 is 0 Å². The van der Waals surface area contributed by atoms with Gasteiger partial charge in [0.05, 0.1) is 0 Å². The van der Waals surface area contributed by atoms with Gasteiger partial charge in [-0.15, -0.1) is 0 Å². The summed E-state index contributed by atoms with van der Waals surface area (Å²) in [5, 5.41) is 3.87. The number of imide groups is 1. The highest BCUT2D eigenvalue weighted by atomic mass is 32.2. The predicted octanol–water partition coefficient (Wildman–Crippen LogP) is 0.606. The van der Waals surface area contributed by atoms with Gasteiger partial charge >= 0.3 is 6.03 Å². The summed E-state index contributed by atoms with van der Waals surface area (Å²) < 4.78 is 26.4. The number of hydrogen-bond donors (Lipinski definition) is 1. The van der Waals surface area contributed by atoms with Crippen molar-refractivity contribution in [3.8, 4) is 0 Å². The van der Waals surface area contributed by atoms with Crippen LogP contribution in [0.4, 0.5) is 4.79 Å². The summed E-state index contributed by atoms with van der Waals surface area (Å²) in [4.78, 5) is 39.7. The van der Waals surface area contributed by atoms with Crippen LogP contribution in [-0.4, -0.2) is 78.6 Å². The second kappa shape index (κ2) is 7.84. The van der Waals surface area contributed by atoms with Gasteiger partial charge in [0.15, 0.2) is 0 Å². The largest absolute Gasteiger partial charge is 0.338 e. The van der Waals surface area contributed by atoms with E-state index in [0.717, 1.165) is 16.9 Å². The number of carbonyl (C=O) groups excluding carboxylic acids is 3. The number of urea groups is 1. The lowest BCUT2D eigenvalue weighted by Gasteiger charge is -2.35. The first-order valence-corrected chi connectivity index (χ1v) is 11.5. The van der Waals surface area contributed by atoms with Crippen molar-refractivity contribution < 1.29 is 22.8 Å². The average Bonchev–Trinajstić information content (AvgIpc) is 2.98. The lowest BCUT2D eigenvalue weighted by atomic mass is 9.77. The van der Waals surface area contributed by atoms with Crippen molar-refractivity contribution in [2.24, 2.45) is 0 Å². The van der Waals surface area contributed by atoms with E-state index in [1.54, 1.807) is 6.08 Å². The van der Waals surface area contributed by atoms with Gasteiger partial charge in [-0.3, -0.25) is 14.5 Å². The van der Waals surface area contributed by atoms with Gasteiger partial charge in [-0.05, 0) is 30.9 Å². The summed E-state index contributed by atoms with van der Waals surface area (Å²) in [7, 11) is -3.60. The van der Waals surface area contributed by atoms with Crippen molar-refractivity contribution in [2.45, 2.75) is 24.8 Å². The number of nitrogens with one attached hydrogen (secondary N) is 1. The summed E-state index contributed by atoms with van der Waals surface area (Å²) in [5.41, 5.74) is -0.0254. The Morgan fingerprint density at radius 1 is 1.07 bits per heavy atom. The van der Waals surface area contributed by atoms with Crippen LogP contribution in [-0.2, 0) is 19.6 Å². The highest BCUT2D eigenvalue weighted by Crippen LogP contribution is 2.37. The molecule has 0 radical (unpaired) electrons. The molecule has 0 unspecified atom stereocenters. The van der Waals surface area contributed by atoms with Gasteiger partial charge < -0.3 is 10.2 Å². The van der Waals surface area contributed by atoms with E-state index >= 15 is 0 Å². The van der Waals surface area contributed by atoms with Crippen LogP contribution in [0.15, 0.2) is 35.7 Å². The first-order chi connectivity index (χ1) is 14.3. The Morgan fingerprint density at radius 3 is 2.30 bits per heavy atom. The summed E-state index contributed by atoms with van der Waals surface area (Å²) in [6, 6.07) is 8.61. The quantitative estimate of drug-likeness (QED) is 0.686. The van der Waals surface area contributed by atoms with E-state index in [1.807, 2.05) is 30.3 Å². The van der Waals surface area contributed by atoms with E-state index in [1.165, 1.54) is 14.6 Å². The molecule has 0 bridgehead atoms. The molecule has 10 heteroatoms. The summed E-state index contributed by atoms with van der Waals surface area (Å²) >= 11 is 0. The minimum atomic E-state index is -3.60. The van der Waals surface area contributed by atoms with Crippen LogP contribution in [0.1, 0.15) is 24.8 Å². The SMILES string of the molecule is O=C(CN1C(=O)NC2(CCC2)C1=O)N1CCN(S(=O)(=O)/C=C/c2ccccc2)CC1. The molecule has 1 aromatic carbocycles. The zero-order valence-electron chi connectivity index (χ0n) is 16.5. The molecule has 0 atom stereocenters. The molecule has 9 nitrogen and oxygen atoms in total. The first-order valence-electron chi connectivity index (χ1n) is 9.96. The highest BCUT2D eigenvalue weighted by molar-refractivity contribution is 7.92. The topological polar surface area (TPSA) is 107 Å². The van der Waals surface area contributed by atoms with Crippen LogP contribution in [0.2, 0.25) is 0 Å². The molecular weight excluding hydrogens is 408 g/mol. The molecule has 2 heterocycles. The van der Waals surface area contributed by atoms with Crippen molar-refractivity contribution in [1.82, 2.24) is 19.4 Å². The Balaban J connectivity index is 1.32. The lowest BCUT2D eigenvalue weighted by Crippen LogP contribution is -2.54. The molecule has 4 rings (SSSR count). The van der Waals surface area contributed by atoms with E-state index < -0.39 is 21.6 Å². The second-order valence-electron chi connectivity index (χ2n) is 7.80. The van der Waals surface area contributed by atoms with E-state index in [9.17, 15) is 22.8 Å². The van der Waals surface area contributed by atoms with Crippen LogP contribution in [0.3, 0.4) is 0 Å². The van der Waals surface area contributed by atoms with E-state index in [4.69, 9.17) is 0 Å². The molecule has 1 saturated carbocycles. The van der Waals surface area contributed by atoms with Crippen LogP contribution in [0.25, 0.3) is 6.08 Å². The van der Waals surface area contributed by atoms with Crippen molar-refractivity contribution in [1.29, 1.82) is 0 Å². The van der Waals surface area contributed by atoms with Gasteiger partial charge in [0.1, 0.15) is 12.1 Å². The minimum absolute atomic E-state index is 0.164. The molecule has 0 aromatic heterocycles. The third-order valence-electron chi connectivity index (χ3n) is 5.93. The van der Waals surface area contributed by atoms with Crippen molar-refractivity contribution in [2.75, 3.05) is 32.7 Å². The average molecular weight is 433 g/mol. The number of nitrogens with zero attached hydrogens (tertiary/aromatic N) is 3. The molecule has 1 aromatic rings. The van der Waals surface area contributed by atoms with E-state index in [0.29, 0.717) is 12.8 Å². The van der Waals surface area contributed by atoms with Crippen LogP contribution in [0.5, 0.6) is 0 Å². The number of amides is 4. The Kier molecular flexibility index (Phi) is 5.37. The van der Waals surface area contributed by atoms with Crippen molar-refractivity contribution in [3.63, 3.8) is 0 Å². The van der Waals surface area contributed by atoms with Crippen molar-refractivity contribution >= 4 is 33.9 Å². The van der Waals surface area contributed by atoms with Gasteiger partial charge in [0.2, 0.25) is 15.9 Å². The van der Waals surface area contributed by atoms with Crippen LogP contribution in [0, 0.1) is 0 Å². The minimum Gasteiger partial charge on any atom is -0.338 e. The molecule has 4 amide bonds. The maximum absolute atomic E-state index is 12.6. The number of rotatable bonds is 5. The number of piperazine rings is 1. The fourth-order valence-corrected chi connectivity index (χ4v) is 5.10. The first kappa shape index (κ1) is 20.5. The van der Waals surface area contributed by atoms with Crippen LogP contribution < -0.4 is 5.32 Å². The number of benzene rings is 1. The normalized spacial score (nSPS) is 21.9. The van der Waals surface area contributed by atoms with E-state index in [2.05, 4.69) is 5.32 Å². The zero-order valence-corrected chi connectivity index (χ0v) is 17.3. The third-order valence-corrected chi connectivity index (χ3v) is 7.49. The van der Waals surface area contributed by atoms with Gasteiger partial charge in [0.25, 0.3) is 5.91 Å². The number of carbonyl (C=O) groups is 3. The Bertz CT molecular complexity index is 980. The van der Waals surface area contributed by atoms with Gasteiger partial charge in [-0.1, -0.05) is 30.3 Å². The fourth-order valence-electron chi connectivity index (χ4n) is 3.93. The maximum Gasteiger partial charge on any atom is 0.325 e. The molecular formula is C20H24N4O5S. The number of sulfonamides is 1. The molecule has 160 valence electrons. The monoisotopic (exact) mass is 432 g/mol. The molecule has 1 aliphatic carbocycles. The van der Waals surface area contributed by atoms with Gasteiger partial charge in [-0.2, -0.15) is 4.31 Å². The summed E-state index contributed by atoms with van der Waals surface area (Å²) in [5.74, 6) is -0.689. The predicted molar refractivity (Wildman–Crippen MR) is 109 cm³/mol. The summed E-state index contributed by atoms with van der Waals surface area (Å²) in [6.07, 6.45) is 3.63. The Hall–Kier alpha value is -2.72. The van der Waals surface area contributed by atoms with E-state index in [-0.39, 0.29) is 44.5 Å². The fraction of sp³-hybridized carbons (Fsp3) is 0.450. The molecule has 3 aliphatic rings. The maximum atomic E-state index is 12.6. The molecule has 1 N–H and O–H groups in total. The zero-order chi connectivity index (χ0) is 21.4. The van der Waals surface area contributed by atoms with Gasteiger partial charge in [-0.25, -0.2) is 13.2 Å². The summed E-state index contributed by atoms with van der Waals surface area (Å²) in [6.45, 7) is 0.444. The molecule has 30 heavy (non-hydrogen) atoms. The second-order valence-corrected chi connectivity index (χ2v) is 9.61. The highest BCUT2D eigenvalue weighted by Gasteiger charge is 2.55.